The SMILES string of the molecule is CCC(SCC(C)c1ccccc1)C(N)=O. The average Bonchev–Trinajstić information content (AvgIpc) is 2.30. The van der Waals surface area contributed by atoms with Gasteiger partial charge >= 0.3 is 0 Å². The number of benzene rings is 1. The maximum Gasteiger partial charge on any atom is 0.230 e. The highest BCUT2D eigenvalue weighted by atomic mass is 32.2. The van der Waals surface area contributed by atoms with E-state index in [1.54, 1.807) is 11.8 Å². The van der Waals surface area contributed by atoms with E-state index in [4.69, 9.17) is 5.73 Å². The van der Waals surface area contributed by atoms with Gasteiger partial charge in [-0.25, -0.2) is 0 Å². The lowest BCUT2D eigenvalue weighted by molar-refractivity contribution is -0.117. The molecule has 2 nitrogen and oxygen atoms in total. The predicted molar refractivity (Wildman–Crippen MR) is 70.6 cm³/mol. The van der Waals surface area contributed by atoms with Crippen LogP contribution in [0.5, 0.6) is 0 Å². The van der Waals surface area contributed by atoms with Crippen LogP contribution in [0.1, 0.15) is 31.7 Å². The number of carbonyl (C=O) groups excluding carboxylic acids is 1. The lowest BCUT2D eigenvalue weighted by atomic mass is 10.0. The summed E-state index contributed by atoms with van der Waals surface area (Å²) in [5.74, 6) is 1.19. The third-order valence-corrected chi connectivity index (χ3v) is 4.26. The molecular formula is C13H19NOS. The van der Waals surface area contributed by atoms with E-state index >= 15 is 0 Å². The summed E-state index contributed by atoms with van der Waals surface area (Å²) >= 11 is 1.66. The summed E-state index contributed by atoms with van der Waals surface area (Å²) in [5.41, 5.74) is 6.63. The number of nitrogens with two attached hydrogens (primary N) is 1. The molecule has 0 spiro atoms. The van der Waals surface area contributed by atoms with Crippen molar-refractivity contribution >= 4 is 17.7 Å². The van der Waals surface area contributed by atoms with Gasteiger partial charge in [0.1, 0.15) is 0 Å². The van der Waals surface area contributed by atoms with Crippen molar-refractivity contribution in [1.29, 1.82) is 0 Å². The fraction of sp³-hybridized carbons (Fsp3) is 0.462. The van der Waals surface area contributed by atoms with Gasteiger partial charge in [-0.05, 0) is 17.9 Å². The highest BCUT2D eigenvalue weighted by Gasteiger charge is 2.15. The highest BCUT2D eigenvalue weighted by Crippen LogP contribution is 2.24. The summed E-state index contributed by atoms with van der Waals surface area (Å²) in [5, 5.41) is -0.0498. The Labute approximate surface area is 102 Å². The number of hydrogen-bond acceptors (Lipinski definition) is 2. The Balaban J connectivity index is 2.46. The minimum atomic E-state index is -0.201. The van der Waals surface area contributed by atoms with E-state index in [-0.39, 0.29) is 11.2 Å². The van der Waals surface area contributed by atoms with Crippen molar-refractivity contribution < 1.29 is 4.79 Å². The number of thioether (sulfide) groups is 1. The largest absolute Gasteiger partial charge is 0.369 e. The first kappa shape index (κ1) is 13.1. The number of hydrogen-bond donors (Lipinski definition) is 1. The summed E-state index contributed by atoms with van der Waals surface area (Å²) in [4.78, 5) is 11.1. The number of primary amides is 1. The zero-order valence-electron chi connectivity index (χ0n) is 9.85. The van der Waals surface area contributed by atoms with Gasteiger partial charge in [-0.1, -0.05) is 44.2 Å². The van der Waals surface area contributed by atoms with Crippen molar-refractivity contribution in [2.24, 2.45) is 5.73 Å². The highest BCUT2D eigenvalue weighted by molar-refractivity contribution is 8.00. The molecule has 0 radical (unpaired) electrons. The molecule has 3 heteroatoms. The van der Waals surface area contributed by atoms with Crippen LogP contribution in [0.2, 0.25) is 0 Å². The van der Waals surface area contributed by atoms with Crippen LogP contribution in [0.15, 0.2) is 30.3 Å². The second kappa shape index (κ2) is 6.59. The van der Waals surface area contributed by atoms with Crippen LogP contribution in [-0.2, 0) is 4.79 Å². The molecule has 0 aliphatic heterocycles. The lowest BCUT2D eigenvalue weighted by Gasteiger charge is -2.15. The first-order valence-electron chi connectivity index (χ1n) is 5.61. The molecule has 0 aliphatic rings. The third kappa shape index (κ3) is 3.89. The molecule has 1 rings (SSSR count). The van der Waals surface area contributed by atoms with Gasteiger partial charge in [0.05, 0.1) is 5.25 Å². The number of carbonyl (C=O) groups is 1. The second-order valence-corrected chi connectivity index (χ2v) is 5.18. The van der Waals surface area contributed by atoms with E-state index in [1.165, 1.54) is 5.56 Å². The molecule has 16 heavy (non-hydrogen) atoms. The number of rotatable bonds is 6. The molecule has 88 valence electrons. The molecule has 0 saturated heterocycles. The van der Waals surface area contributed by atoms with E-state index in [9.17, 15) is 4.79 Å². The third-order valence-electron chi connectivity index (χ3n) is 2.60. The van der Waals surface area contributed by atoms with Crippen LogP contribution in [0.3, 0.4) is 0 Å². The maximum absolute atomic E-state index is 11.1. The van der Waals surface area contributed by atoms with Gasteiger partial charge in [0, 0.05) is 5.75 Å². The Morgan fingerprint density at radius 3 is 2.50 bits per heavy atom. The topological polar surface area (TPSA) is 43.1 Å². The molecule has 2 atom stereocenters. The Morgan fingerprint density at radius 1 is 1.38 bits per heavy atom. The van der Waals surface area contributed by atoms with Gasteiger partial charge in [0.15, 0.2) is 0 Å². The van der Waals surface area contributed by atoms with Crippen molar-refractivity contribution in [3.8, 4) is 0 Å². The van der Waals surface area contributed by atoms with Gasteiger partial charge in [0.2, 0.25) is 5.91 Å². The molecule has 0 heterocycles. The zero-order chi connectivity index (χ0) is 12.0. The van der Waals surface area contributed by atoms with E-state index < -0.39 is 0 Å². The van der Waals surface area contributed by atoms with E-state index in [1.807, 2.05) is 25.1 Å². The Morgan fingerprint density at radius 2 is 2.00 bits per heavy atom. The monoisotopic (exact) mass is 237 g/mol. The molecule has 0 aliphatic carbocycles. The van der Waals surface area contributed by atoms with Gasteiger partial charge in [-0.2, -0.15) is 0 Å². The van der Waals surface area contributed by atoms with Gasteiger partial charge in [-0.3, -0.25) is 4.79 Å². The molecular weight excluding hydrogens is 218 g/mol. The van der Waals surface area contributed by atoms with Crippen molar-refractivity contribution in [1.82, 2.24) is 0 Å². The average molecular weight is 237 g/mol. The standard InChI is InChI=1S/C13H19NOS/c1-3-12(13(14)15)16-9-10(2)11-7-5-4-6-8-11/h4-8,10,12H,3,9H2,1-2H3,(H2,14,15). The van der Waals surface area contributed by atoms with Crippen LogP contribution in [-0.4, -0.2) is 16.9 Å². The lowest BCUT2D eigenvalue weighted by Crippen LogP contribution is -2.25. The summed E-state index contributed by atoms with van der Waals surface area (Å²) in [6.07, 6.45) is 0.807. The van der Waals surface area contributed by atoms with Crippen LogP contribution in [0.4, 0.5) is 0 Å². The molecule has 0 bridgehead atoms. The zero-order valence-corrected chi connectivity index (χ0v) is 10.7. The fourth-order valence-corrected chi connectivity index (χ4v) is 2.65. The smallest absolute Gasteiger partial charge is 0.230 e. The van der Waals surface area contributed by atoms with Crippen molar-refractivity contribution in [2.45, 2.75) is 31.4 Å². The summed E-state index contributed by atoms with van der Waals surface area (Å²) in [6.45, 7) is 4.17. The van der Waals surface area contributed by atoms with Crippen molar-refractivity contribution in [3.05, 3.63) is 35.9 Å². The molecule has 0 fully saturated rings. The summed E-state index contributed by atoms with van der Waals surface area (Å²) in [6, 6.07) is 10.3. The van der Waals surface area contributed by atoms with Crippen LogP contribution in [0, 0.1) is 0 Å². The Kier molecular flexibility index (Phi) is 5.39. The quantitative estimate of drug-likeness (QED) is 0.826. The summed E-state index contributed by atoms with van der Waals surface area (Å²) < 4.78 is 0. The fourth-order valence-electron chi connectivity index (χ4n) is 1.54. The Bertz CT molecular complexity index is 326. The van der Waals surface area contributed by atoms with Gasteiger partial charge < -0.3 is 5.73 Å². The first-order valence-corrected chi connectivity index (χ1v) is 6.65. The van der Waals surface area contributed by atoms with Crippen molar-refractivity contribution in [3.63, 3.8) is 0 Å². The first-order chi connectivity index (χ1) is 7.65. The molecule has 0 aromatic heterocycles. The van der Waals surface area contributed by atoms with Gasteiger partial charge in [0.25, 0.3) is 0 Å². The molecule has 1 amide bonds. The normalized spacial score (nSPS) is 14.4. The molecule has 1 aromatic rings. The van der Waals surface area contributed by atoms with E-state index in [0.717, 1.165) is 12.2 Å². The Hall–Kier alpha value is -0.960. The molecule has 2 unspecified atom stereocenters. The van der Waals surface area contributed by atoms with Crippen molar-refractivity contribution in [2.75, 3.05) is 5.75 Å². The number of amides is 1. The van der Waals surface area contributed by atoms with E-state index in [2.05, 4.69) is 19.1 Å². The maximum atomic E-state index is 11.1. The summed E-state index contributed by atoms with van der Waals surface area (Å²) in [7, 11) is 0. The minimum Gasteiger partial charge on any atom is -0.369 e. The van der Waals surface area contributed by atoms with Crippen LogP contribution in [0.25, 0.3) is 0 Å². The second-order valence-electron chi connectivity index (χ2n) is 3.94. The predicted octanol–water partition coefficient (Wildman–Crippen LogP) is 2.79. The molecule has 0 saturated carbocycles. The van der Waals surface area contributed by atoms with Gasteiger partial charge in [-0.15, -0.1) is 11.8 Å². The van der Waals surface area contributed by atoms with Crippen LogP contribution < -0.4 is 5.73 Å². The van der Waals surface area contributed by atoms with E-state index in [0.29, 0.717) is 5.92 Å². The molecule has 2 N–H and O–H groups in total. The van der Waals surface area contributed by atoms with Crippen LogP contribution >= 0.6 is 11.8 Å². The minimum absolute atomic E-state index is 0.0498. The molecule has 1 aromatic carbocycles.